The Morgan fingerprint density at radius 3 is 3.06 bits per heavy atom. The van der Waals surface area contributed by atoms with Crippen molar-refractivity contribution in [2.75, 3.05) is 5.73 Å². The first-order valence-corrected chi connectivity index (χ1v) is 5.65. The number of nitrogens with zero attached hydrogens (tertiary/aromatic N) is 3. The molecule has 0 spiro atoms. The van der Waals surface area contributed by atoms with Crippen LogP contribution in [0.4, 0.5) is 5.82 Å². The second-order valence-electron chi connectivity index (χ2n) is 4.14. The number of carboxylic acid groups (broad SMARTS) is 1. The lowest BCUT2D eigenvalue weighted by Gasteiger charge is -1.97. The average molecular weight is 265 g/mol. The topological polar surface area (TPSA) is 94.0 Å². The maximum absolute atomic E-state index is 10.8. The van der Waals surface area contributed by atoms with Crippen LogP contribution in [0.25, 0.3) is 17.2 Å². The lowest BCUT2D eigenvalue weighted by Crippen LogP contribution is -1.96. The summed E-state index contributed by atoms with van der Waals surface area (Å²) in [6, 6.07) is 0. The predicted molar refractivity (Wildman–Crippen MR) is 67.0 cm³/mol. The van der Waals surface area contributed by atoms with E-state index in [-0.39, 0.29) is 5.92 Å². The Morgan fingerprint density at radius 2 is 2.39 bits per heavy atom. The van der Waals surface area contributed by atoms with Crippen molar-refractivity contribution in [2.24, 2.45) is 5.92 Å². The largest absolute Gasteiger partial charge is 0.481 e. The molecule has 1 saturated carbocycles. The van der Waals surface area contributed by atoms with Gasteiger partial charge in [0.25, 0.3) is 0 Å². The number of halogens is 1. The van der Waals surface area contributed by atoms with Gasteiger partial charge in [-0.3, -0.25) is 4.79 Å². The molecule has 0 aromatic carbocycles. The van der Waals surface area contributed by atoms with E-state index in [1.165, 1.54) is 6.33 Å². The molecule has 0 saturated heterocycles. The standard InChI is InChI=1S/C11H9ClN4O2/c12-7-3-16(2-5-1-6(5)11(17)18)10-8(7)9(13)14-4-15-10/h2-4,6H,1H2,(H,17,18)(H2,13,14,15)/b5-2-. The quantitative estimate of drug-likeness (QED) is 0.859. The Morgan fingerprint density at radius 1 is 1.61 bits per heavy atom. The first kappa shape index (κ1) is 11.0. The smallest absolute Gasteiger partial charge is 0.311 e. The first-order chi connectivity index (χ1) is 8.58. The van der Waals surface area contributed by atoms with E-state index >= 15 is 0 Å². The van der Waals surface area contributed by atoms with Gasteiger partial charge in [-0.05, 0) is 12.0 Å². The van der Waals surface area contributed by atoms with Crippen LogP contribution in [0, 0.1) is 5.92 Å². The van der Waals surface area contributed by atoms with E-state index in [9.17, 15) is 4.79 Å². The third kappa shape index (κ3) is 1.62. The van der Waals surface area contributed by atoms with E-state index in [0.29, 0.717) is 28.3 Å². The third-order valence-electron chi connectivity index (χ3n) is 2.92. The lowest BCUT2D eigenvalue weighted by molar-refractivity contribution is -0.138. The monoisotopic (exact) mass is 264 g/mol. The number of anilines is 1. The number of nitrogens with two attached hydrogens (primary N) is 1. The van der Waals surface area contributed by atoms with E-state index < -0.39 is 5.97 Å². The van der Waals surface area contributed by atoms with Crippen molar-refractivity contribution in [1.29, 1.82) is 0 Å². The zero-order chi connectivity index (χ0) is 12.9. The van der Waals surface area contributed by atoms with Gasteiger partial charge in [-0.2, -0.15) is 0 Å². The van der Waals surface area contributed by atoms with Crippen LogP contribution in [-0.2, 0) is 4.79 Å². The highest BCUT2D eigenvalue weighted by molar-refractivity contribution is 6.36. The van der Waals surface area contributed by atoms with Gasteiger partial charge in [0.15, 0.2) is 5.65 Å². The maximum Gasteiger partial charge on any atom is 0.311 e. The van der Waals surface area contributed by atoms with Gasteiger partial charge in [-0.1, -0.05) is 11.6 Å². The second-order valence-corrected chi connectivity index (χ2v) is 4.55. The van der Waals surface area contributed by atoms with Crippen LogP contribution in [0.1, 0.15) is 6.42 Å². The number of nitrogen functional groups attached to an aromatic ring is 1. The van der Waals surface area contributed by atoms with Gasteiger partial charge in [0.2, 0.25) is 0 Å². The van der Waals surface area contributed by atoms with Crippen molar-refractivity contribution in [3.05, 3.63) is 23.1 Å². The SMILES string of the molecule is Nc1ncnc2c1c(Cl)cn2/C=C1/CC1C(=O)O. The second kappa shape index (κ2) is 3.71. The van der Waals surface area contributed by atoms with Crippen molar-refractivity contribution < 1.29 is 9.90 Å². The van der Waals surface area contributed by atoms with Crippen LogP contribution in [-0.4, -0.2) is 25.6 Å². The molecule has 1 aliphatic rings. The van der Waals surface area contributed by atoms with Gasteiger partial charge in [0, 0.05) is 12.4 Å². The molecule has 2 aromatic heterocycles. The number of hydrogen-bond donors (Lipinski definition) is 2. The Kier molecular flexibility index (Phi) is 2.27. The molecular formula is C11H9ClN4O2. The maximum atomic E-state index is 10.8. The molecule has 0 radical (unpaired) electrons. The minimum Gasteiger partial charge on any atom is -0.481 e. The number of aliphatic carboxylic acids is 1. The van der Waals surface area contributed by atoms with E-state index in [2.05, 4.69) is 9.97 Å². The number of aromatic nitrogens is 3. The van der Waals surface area contributed by atoms with Crippen LogP contribution in [0.3, 0.4) is 0 Å². The summed E-state index contributed by atoms with van der Waals surface area (Å²) in [4.78, 5) is 18.7. The molecule has 2 aromatic rings. The van der Waals surface area contributed by atoms with Gasteiger partial charge < -0.3 is 15.4 Å². The molecule has 7 heteroatoms. The summed E-state index contributed by atoms with van der Waals surface area (Å²) >= 11 is 6.06. The fraction of sp³-hybridized carbons (Fsp3) is 0.182. The molecule has 1 aliphatic carbocycles. The number of carboxylic acids is 1. The molecule has 1 fully saturated rings. The summed E-state index contributed by atoms with van der Waals surface area (Å²) in [7, 11) is 0. The Balaban J connectivity index is 2.10. The van der Waals surface area contributed by atoms with Gasteiger partial charge >= 0.3 is 5.97 Å². The molecule has 1 atom stereocenters. The minimum absolute atomic E-state index is 0.313. The summed E-state index contributed by atoms with van der Waals surface area (Å²) in [6.45, 7) is 0. The highest BCUT2D eigenvalue weighted by Gasteiger charge is 2.36. The van der Waals surface area contributed by atoms with Crippen molar-refractivity contribution in [3.63, 3.8) is 0 Å². The van der Waals surface area contributed by atoms with Gasteiger partial charge in [0.05, 0.1) is 16.3 Å². The number of hydrogen-bond acceptors (Lipinski definition) is 4. The lowest BCUT2D eigenvalue weighted by atomic mass is 10.4. The third-order valence-corrected chi connectivity index (χ3v) is 3.21. The van der Waals surface area contributed by atoms with Crippen LogP contribution >= 0.6 is 11.6 Å². The highest BCUT2D eigenvalue weighted by Crippen LogP contribution is 2.39. The van der Waals surface area contributed by atoms with E-state index in [1.807, 2.05) is 0 Å². The molecule has 3 rings (SSSR count). The molecule has 3 N–H and O–H groups in total. The van der Waals surface area contributed by atoms with Gasteiger partial charge in [0.1, 0.15) is 12.1 Å². The molecule has 18 heavy (non-hydrogen) atoms. The summed E-state index contributed by atoms with van der Waals surface area (Å²) in [5, 5.41) is 9.88. The fourth-order valence-corrected chi connectivity index (χ4v) is 2.19. The van der Waals surface area contributed by atoms with E-state index in [0.717, 1.165) is 5.57 Å². The van der Waals surface area contributed by atoms with Crippen molar-refractivity contribution in [1.82, 2.24) is 14.5 Å². The van der Waals surface area contributed by atoms with Crippen LogP contribution < -0.4 is 5.73 Å². The van der Waals surface area contributed by atoms with Gasteiger partial charge in [-0.15, -0.1) is 0 Å². The minimum atomic E-state index is -0.807. The Hall–Kier alpha value is -2.08. The number of carbonyl (C=O) groups is 1. The fourth-order valence-electron chi connectivity index (χ4n) is 1.90. The summed E-state index contributed by atoms with van der Waals surface area (Å²) in [5.74, 6) is -0.883. The van der Waals surface area contributed by atoms with Crippen LogP contribution in [0.15, 0.2) is 18.1 Å². The molecule has 0 bridgehead atoms. The molecule has 92 valence electrons. The number of fused-ring (bicyclic) bond motifs is 1. The van der Waals surface area contributed by atoms with E-state index in [1.54, 1.807) is 17.0 Å². The molecule has 2 heterocycles. The van der Waals surface area contributed by atoms with Gasteiger partial charge in [-0.25, -0.2) is 9.97 Å². The van der Waals surface area contributed by atoms with Crippen LogP contribution in [0.5, 0.6) is 0 Å². The highest BCUT2D eigenvalue weighted by atomic mass is 35.5. The van der Waals surface area contributed by atoms with E-state index in [4.69, 9.17) is 22.4 Å². The van der Waals surface area contributed by atoms with Crippen molar-refractivity contribution in [3.8, 4) is 0 Å². The Labute approximate surface area is 107 Å². The van der Waals surface area contributed by atoms with Crippen LogP contribution in [0.2, 0.25) is 5.02 Å². The van der Waals surface area contributed by atoms with Crippen molar-refractivity contribution in [2.45, 2.75) is 6.42 Å². The average Bonchev–Trinajstić information content (AvgIpc) is 3.00. The number of rotatable bonds is 2. The summed E-state index contributed by atoms with van der Waals surface area (Å²) in [6.07, 6.45) is 5.30. The zero-order valence-corrected chi connectivity index (χ0v) is 9.92. The summed E-state index contributed by atoms with van der Waals surface area (Å²) in [5.41, 5.74) is 7.15. The summed E-state index contributed by atoms with van der Waals surface area (Å²) < 4.78 is 1.69. The molecular weight excluding hydrogens is 256 g/mol. The predicted octanol–water partition coefficient (Wildman–Crippen LogP) is 1.61. The molecule has 0 amide bonds. The first-order valence-electron chi connectivity index (χ1n) is 5.28. The molecule has 0 aliphatic heterocycles. The molecule has 1 unspecified atom stereocenters. The molecule has 6 nitrogen and oxygen atoms in total. The Bertz CT molecular complexity index is 692. The zero-order valence-electron chi connectivity index (χ0n) is 9.17. The normalized spacial score (nSPS) is 20.5. The van der Waals surface area contributed by atoms with Crippen molar-refractivity contribution >= 4 is 40.6 Å².